The molecule has 4 rings (SSSR count). The third-order valence-electron chi connectivity index (χ3n) is 5.77. The standard InChI is InChI=1S/C24H25N5OS/c1-16-9-12-20(13-17(16)2)29-22(18-7-5-4-6-8-18)27-28-23(29)31-14-21(30)26-24(3,15-25)19-10-11-19/h4-9,12-13,19H,10-11,14H2,1-3H3,(H,26,30)/t24-/m0/s1. The van der Waals surface area contributed by atoms with E-state index >= 15 is 0 Å². The van der Waals surface area contributed by atoms with Gasteiger partial charge in [-0.2, -0.15) is 5.26 Å². The van der Waals surface area contributed by atoms with Crippen LogP contribution >= 0.6 is 11.8 Å². The fraction of sp³-hybridized carbons (Fsp3) is 0.333. The number of nitriles is 1. The van der Waals surface area contributed by atoms with E-state index in [0.717, 1.165) is 29.9 Å². The number of carbonyl (C=O) groups excluding carboxylic acids is 1. The normalized spacial score (nSPS) is 15.2. The summed E-state index contributed by atoms with van der Waals surface area (Å²) in [6, 6.07) is 18.4. The lowest BCUT2D eigenvalue weighted by molar-refractivity contribution is -0.119. The first-order valence-electron chi connectivity index (χ1n) is 10.3. The highest BCUT2D eigenvalue weighted by Gasteiger charge is 2.43. The largest absolute Gasteiger partial charge is 0.337 e. The number of aryl methyl sites for hydroxylation is 2. The molecule has 3 aromatic rings. The number of benzene rings is 2. The first-order chi connectivity index (χ1) is 14.9. The zero-order chi connectivity index (χ0) is 22.0. The average Bonchev–Trinajstić information content (AvgIpc) is 3.55. The highest BCUT2D eigenvalue weighted by atomic mass is 32.2. The maximum atomic E-state index is 12.6. The highest BCUT2D eigenvalue weighted by Crippen LogP contribution is 2.39. The van der Waals surface area contributed by atoms with E-state index < -0.39 is 5.54 Å². The summed E-state index contributed by atoms with van der Waals surface area (Å²) in [4.78, 5) is 12.6. The van der Waals surface area contributed by atoms with Crippen molar-refractivity contribution < 1.29 is 4.79 Å². The Balaban J connectivity index is 1.62. The van der Waals surface area contributed by atoms with Crippen LogP contribution in [0.5, 0.6) is 0 Å². The molecule has 158 valence electrons. The molecule has 1 atom stereocenters. The summed E-state index contributed by atoms with van der Waals surface area (Å²) in [5, 5.41) is 21.9. The van der Waals surface area contributed by atoms with E-state index in [4.69, 9.17) is 0 Å². The van der Waals surface area contributed by atoms with Crippen LogP contribution < -0.4 is 5.32 Å². The number of thioether (sulfide) groups is 1. The van der Waals surface area contributed by atoms with E-state index in [1.54, 1.807) is 6.92 Å². The average molecular weight is 432 g/mol. The van der Waals surface area contributed by atoms with Crippen LogP contribution in [-0.2, 0) is 4.79 Å². The van der Waals surface area contributed by atoms with Crippen molar-refractivity contribution in [3.63, 3.8) is 0 Å². The Labute approximate surface area is 186 Å². The summed E-state index contributed by atoms with van der Waals surface area (Å²) >= 11 is 1.33. The second-order valence-corrected chi connectivity index (χ2v) is 9.14. The van der Waals surface area contributed by atoms with Crippen molar-refractivity contribution in [3.8, 4) is 23.1 Å². The maximum absolute atomic E-state index is 12.6. The zero-order valence-electron chi connectivity index (χ0n) is 17.9. The number of carbonyl (C=O) groups is 1. The molecule has 6 nitrogen and oxygen atoms in total. The van der Waals surface area contributed by atoms with Crippen LogP contribution in [0.3, 0.4) is 0 Å². The van der Waals surface area contributed by atoms with E-state index in [1.807, 2.05) is 41.0 Å². The molecule has 1 aliphatic carbocycles. The van der Waals surface area contributed by atoms with Crippen molar-refractivity contribution in [3.05, 3.63) is 59.7 Å². The summed E-state index contributed by atoms with van der Waals surface area (Å²) < 4.78 is 1.99. The molecular weight excluding hydrogens is 406 g/mol. The number of amides is 1. The summed E-state index contributed by atoms with van der Waals surface area (Å²) in [5.41, 5.74) is 3.50. The Morgan fingerprint density at radius 1 is 1.19 bits per heavy atom. The van der Waals surface area contributed by atoms with Crippen LogP contribution in [0.1, 0.15) is 30.9 Å². The van der Waals surface area contributed by atoms with Crippen molar-refractivity contribution in [2.45, 2.75) is 44.3 Å². The van der Waals surface area contributed by atoms with E-state index in [1.165, 1.54) is 22.9 Å². The number of nitrogens with zero attached hydrogens (tertiary/aromatic N) is 4. The van der Waals surface area contributed by atoms with Crippen LogP contribution in [0.25, 0.3) is 17.1 Å². The van der Waals surface area contributed by atoms with E-state index in [0.29, 0.717) is 5.16 Å². The van der Waals surface area contributed by atoms with Gasteiger partial charge in [-0.15, -0.1) is 10.2 Å². The number of nitrogens with one attached hydrogen (secondary N) is 1. The van der Waals surface area contributed by atoms with E-state index in [-0.39, 0.29) is 17.6 Å². The van der Waals surface area contributed by atoms with Gasteiger partial charge in [0.05, 0.1) is 17.5 Å². The Kier molecular flexibility index (Phi) is 5.84. The summed E-state index contributed by atoms with van der Waals surface area (Å²) in [5.74, 6) is 0.973. The summed E-state index contributed by atoms with van der Waals surface area (Å²) in [6.07, 6.45) is 1.97. The highest BCUT2D eigenvalue weighted by molar-refractivity contribution is 7.99. The minimum Gasteiger partial charge on any atom is -0.337 e. The molecule has 0 bridgehead atoms. The van der Waals surface area contributed by atoms with Gasteiger partial charge in [-0.05, 0) is 62.8 Å². The first kappa shape index (κ1) is 21.1. The van der Waals surface area contributed by atoms with Crippen LogP contribution in [0.2, 0.25) is 0 Å². The maximum Gasteiger partial charge on any atom is 0.231 e. The molecule has 0 aliphatic heterocycles. The molecule has 1 amide bonds. The minimum absolute atomic E-state index is 0.168. The topological polar surface area (TPSA) is 83.6 Å². The second-order valence-electron chi connectivity index (χ2n) is 8.20. The lowest BCUT2D eigenvalue weighted by Crippen LogP contribution is -2.47. The summed E-state index contributed by atoms with van der Waals surface area (Å²) in [7, 11) is 0. The van der Waals surface area contributed by atoms with Gasteiger partial charge in [0.1, 0.15) is 5.54 Å². The molecule has 31 heavy (non-hydrogen) atoms. The first-order valence-corrected chi connectivity index (χ1v) is 11.3. The molecule has 0 spiro atoms. The molecule has 1 saturated carbocycles. The molecule has 0 saturated heterocycles. The Morgan fingerprint density at radius 2 is 1.94 bits per heavy atom. The van der Waals surface area contributed by atoms with Crippen molar-refractivity contribution in [1.29, 1.82) is 5.26 Å². The SMILES string of the molecule is Cc1ccc(-n2c(SCC(=O)N[C@@](C)(C#N)C3CC3)nnc2-c2ccccc2)cc1C. The van der Waals surface area contributed by atoms with Crippen LogP contribution in [0, 0.1) is 31.1 Å². The van der Waals surface area contributed by atoms with Gasteiger partial charge in [0.15, 0.2) is 11.0 Å². The third-order valence-corrected chi connectivity index (χ3v) is 6.70. The lowest BCUT2D eigenvalue weighted by atomic mass is 9.98. The van der Waals surface area contributed by atoms with Crippen LogP contribution in [0.15, 0.2) is 53.7 Å². The van der Waals surface area contributed by atoms with Gasteiger partial charge in [0, 0.05) is 5.56 Å². The monoisotopic (exact) mass is 431 g/mol. The van der Waals surface area contributed by atoms with Gasteiger partial charge in [-0.25, -0.2) is 0 Å². The van der Waals surface area contributed by atoms with Crippen LogP contribution in [0.4, 0.5) is 0 Å². The number of rotatable bonds is 7. The van der Waals surface area contributed by atoms with Gasteiger partial charge < -0.3 is 5.32 Å². The quantitative estimate of drug-likeness (QED) is 0.559. The fourth-order valence-corrected chi connectivity index (χ4v) is 4.32. The zero-order valence-corrected chi connectivity index (χ0v) is 18.7. The molecule has 1 aromatic heterocycles. The number of hydrogen-bond acceptors (Lipinski definition) is 5. The van der Waals surface area contributed by atoms with Crippen molar-refractivity contribution in [1.82, 2.24) is 20.1 Å². The predicted molar refractivity (Wildman–Crippen MR) is 122 cm³/mol. The third kappa shape index (κ3) is 4.49. The molecule has 1 heterocycles. The van der Waals surface area contributed by atoms with Crippen molar-refractivity contribution >= 4 is 17.7 Å². The Morgan fingerprint density at radius 3 is 2.58 bits per heavy atom. The van der Waals surface area contributed by atoms with Gasteiger partial charge >= 0.3 is 0 Å². The van der Waals surface area contributed by atoms with E-state index in [2.05, 4.69) is 47.6 Å². The second kappa shape index (κ2) is 8.56. The van der Waals surface area contributed by atoms with Gasteiger partial charge in [-0.3, -0.25) is 9.36 Å². The Hall–Kier alpha value is -3.11. The molecule has 0 unspecified atom stereocenters. The van der Waals surface area contributed by atoms with Crippen LogP contribution in [-0.4, -0.2) is 32.0 Å². The minimum atomic E-state index is -0.797. The number of hydrogen-bond donors (Lipinski definition) is 1. The summed E-state index contributed by atoms with van der Waals surface area (Å²) in [6.45, 7) is 5.96. The fourth-order valence-electron chi connectivity index (χ4n) is 3.57. The Bertz CT molecular complexity index is 1150. The van der Waals surface area contributed by atoms with E-state index in [9.17, 15) is 10.1 Å². The molecular formula is C24H25N5OS. The van der Waals surface area contributed by atoms with Gasteiger partial charge in [-0.1, -0.05) is 48.2 Å². The molecule has 0 radical (unpaired) electrons. The van der Waals surface area contributed by atoms with Gasteiger partial charge in [0.25, 0.3) is 0 Å². The number of aromatic nitrogens is 3. The molecule has 2 aromatic carbocycles. The van der Waals surface area contributed by atoms with Gasteiger partial charge in [0.2, 0.25) is 5.91 Å². The van der Waals surface area contributed by atoms with Crippen molar-refractivity contribution in [2.24, 2.45) is 5.92 Å². The molecule has 7 heteroatoms. The van der Waals surface area contributed by atoms with Crippen molar-refractivity contribution in [2.75, 3.05) is 5.75 Å². The molecule has 1 N–H and O–H groups in total. The molecule has 1 fully saturated rings. The lowest BCUT2D eigenvalue weighted by Gasteiger charge is -2.22. The predicted octanol–water partition coefficient (Wildman–Crippen LogP) is 4.45. The molecule has 1 aliphatic rings. The smallest absolute Gasteiger partial charge is 0.231 e.